The van der Waals surface area contributed by atoms with E-state index in [-0.39, 0.29) is 18.4 Å². The third-order valence-corrected chi connectivity index (χ3v) is 3.99. The van der Waals surface area contributed by atoms with Gasteiger partial charge in [0.2, 0.25) is 5.91 Å². The van der Waals surface area contributed by atoms with Crippen LogP contribution in [-0.4, -0.2) is 29.0 Å². The number of hydrogen-bond donors (Lipinski definition) is 2. The zero-order chi connectivity index (χ0) is 13.9. The van der Waals surface area contributed by atoms with E-state index in [0.29, 0.717) is 10.9 Å². The van der Waals surface area contributed by atoms with Crippen LogP contribution in [0.4, 0.5) is 0 Å². The maximum absolute atomic E-state index is 12.1. The molecule has 0 bridgehead atoms. The second-order valence-corrected chi connectivity index (χ2v) is 5.67. The van der Waals surface area contributed by atoms with Gasteiger partial charge in [-0.1, -0.05) is 0 Å². The summed E-state index contributed by atoms with van der Waals surface area (Å²) in [5.74, 6) is -0.338. The van der Waals surface area contributed by atoms with Crippen molar-refractivity contribution in [1.82, 2.24) is 15.2 Å². The van der Waals surface area contributed by atoms with Crippen LogP contribution in [-0.2, 0) is 4.79 Å². The molecule has 2 aromatic rings. The fourth-order valence-electron chi connectivity index (χ4n) is 1.92. The van der Waals surface area contributed by atoms with Crippen LogP contribution in [0.15, 0.2) is 36.0 Å². The van der Waals surface area contributed by atoms with Crippen LogP contribution in [0.1, 0.15) is 22.5 Å². The summed E-state index contributed by atoms with van der Waals surface area (Å²) in [5.41, 5.74) is 0.833. The quantitative estimate of drug-likeness (QED) is 0.877. The van der Waals surface area contributed by atoms with Crippen molar-refractivity contribution >= 4 is 23.2 Å². The van der Waals surface area contributed by atoms with Crippen molar-refractivity contribution in [3.63, 3.8) is 0 Å². The second kappa shape index (κ2) is 5.50. The Morgan fingerprint density at radius 2 is 2.05 bits per heavy atom. The van der Waals surface area contributed by atoms with E-state index in [4.69, 9.17) is 0 Å². The smallest absolute Gasteiger partial charge is 0.263 e. The Kier molecular flexibility index (Phi) is 3.56. The molecule has 2 heterocycles. The molecule has 0 radical (unpaired) electrons. The molecule has 104 valence electrons. The number of nitrogens with zero attached hydrogens (tertiary/aromatic N) is 1. The highest BCUT2D eigenvalue weighted by Crippen LogP contribution is 2.21. The second-order valence-electron chi connectivity index (χ2n) is 4.75. The SMILES string of the molecule is O=C(CNC(=O)c1sccc1-n1cccc1)NC1CC1. The van der Waals surface area contributed by atoms with Gasteiger partial charge in [0.05, 0.1) is 12.2 Å². The van der Waals surface area contributed by atoms with Gasteiger partial charge in [0.15, 0.2) is 0 Å². The number of thiophene rings is 1. The number of hydrogen-bond acceptors (Lipinski definition) is 3. The molecule has 20 heavy (non-hydrogen) atoms. The van der Waals surface area contributed by atoms with Crippen molar-refractivity contribution in [3.8, 4) is 5.69 Å². The van der Waals surface area contributed by atoms with E-state index in [1.54, 1.807) is 0 Å². The van der Waals surface area contributed by atoms with Gasteiger partial charge in [-0.2, -0.15) is 0 Å². The molecule has 0 atom stereocenters. The fourth-order valence-corrected chi connectivity index (χ4v) is 2.72. The molecule has 3 rings (SSSR count). The fraction of sp³-hybridized carbons (Fsp3) is 0.286. The molecule has 2 N–H and O–H groups in total. The summed E-state index contributed by atoms with van der Waals surface area (Å²) in [6.45, 7) is 0.0261. The Morgan fingerprint density at radius 1 is 1.30 bits per heavy atom. The number of rotatable bonds is 5. The largest absolute Gasteiger partial charge is 0.352 e. The summed E-state index contributed by atoms with van der Waals surface area (Å²) in [6, 6.07) is 6.02. The number of carbonyl (C=O) groups is 2. The lowest BCUT2D eigenvalue weighted by molar-refractivity contribution is -0.120. The topological polar surface area (TPSA) is 63.1 Å². The van der Waals surface area contributed by atoms with Crippen LogP contribution < -0.4 is 10.6 Å². The Balaban J connectivity index is 1.62. The average Bonchev–Trinajstić information content (AvgIpc) is 2.96. The van der Waals surface area contributed by atoms with E-state index in [2.05, 4.69) is 10.6 Å². The minimum Gasteiger partial charge on any atom is -0.352 e. The highest BCUT2D eigenvalue weighted by atomic mass is 32.1. The molecule has 2 amide bonds. The zero-order valence-electron chi connectivity index (χ0n) is 10.8. The highest BCUT2D eigenvalue weighted by molar-refractivity contribution is 7.12. The predicted molar refractivity (Wildman–Crippen MR) is 77.1 cm³/mol. The first kappa shape index (κ1) is 12.9. The maximum atomic E-state index is 12.1. The van der Waals surface area contributed by atoms with Crippen molar-refractivity contribution in [2.75, 3.05) is 6.54 Å². The summed E-state index contributed by atoms with van der Waals surface area (Å²) in [7, 11) is 0. The lowest BCUT2D eigenvalue weighted by Gasteiger charge is -2.07. The standard InChI is InChI=1S/C14H15N3O2S/c18-12(16-10-3-4-10)9-15-14(19)13-11(5-8-20-13)17-6-1-2-7-17/h1-2,5-8,10H,3-4,9H2,(H,15,19)(H,16,18). The van der Waals surface area contributed by atoms with Gasteiger partial charge < -0.3 is 15.2 Å². The van der Waals surface area contributed by atoms with E-state index < -0.39 is 0 Å². The van der Waals surface area contributed by atoms with Gasteiger partial charge in [-0.15, -0.1) is 11.3 Å². The molecule has 0 aliphatic heterocycles. The Bertz CT molecular complexity index is 614. The van der Waals surface area contributed by atoms with E-state index in [0.717, 1.165) is 18.5 Å². The third kappa shape index (κ3) is 2.91. The average molecular weight is 289 g/mol. The Labute approximate surface area is 120 Å². The molecule has 1 fully saturated rings. The normalized spacial score (nSPS) is 14.0. The minimum absolute atomic E-state index is 0.0261. The zero-order valence-corrected chi connectivity index (χ0v) is 11.7. The summed E-state index contributed by atoms with van der Waals surface area (Å²) in [6.07, 6.45) is 5.86. The van der Waals surface area contributed by atoms with Gasteiger partial charge >= 0.3 is 0 Å². The van der Waals surface area contributed by atoms with Crippen molar-refractivity contribution in [3.05, 3.63) is 40.8 Å². The number of aromatic nitrogens is 1. The van der Waals surface area contributed by atoms with Crippen LogP contribution in [0.25, 0.3) is 5.69 Å². The van der Waals surface area contributed by atoms with Gasteiger partial charge in [-0.25, -0.2) is 0 Å². The van der Waals surface area contributed by atoms with Gasteiger partial charge in [-0.3, -0.25) is 9.59 Å². The van der Waals surface area contributed by atoms with E-state index in [1.807, 2.05) is 40.5 Å². The van der Waals surface area contributed by atoms with Crippen molar-refractivity contribution in [1.29, 1.82) is 0 Å². The highest BCUT2D eigenvalue weighted by Gasteiger charge is 2.23. The van der Waals surface area contributed by atoms with Crippen molar-refractivity contribution in [2.45, 2.75) is 18.9 Å². The molecule has 5 nitrogen and oxygen atoms in total. The van der Waals surface area contributed by atoms with Gasteiger partial charge in [0.1, 0.15) is 4.88 Å². The monoisotopic (exact) mass is 289 g/mol. The molecule has 0 saturated heterocycles. The van der Waals surface area contributed by atoms with E-state index >= 15 is 0 Å². The number of carbonyl (C=O) groups excluding carboxylic acids is 2. The van der Waals surface area contributed by atoms with E-state index in [9.17, 15) is 9.59 Å². The first-order valence-electron chi connectivity index (χ1n) is 6.52. The van der Waals surface area contributed by atoms with Gasteiger partial charge in [-0.05, 0) is 36.4 Å². The van der Waals surface area contributed by atoms with Crippen LogP contribution in [0.3, 0.4) is 0 Å². The molecular formula is C14H15N3O2S. The first-order valence-corrected chi connectivity index (χ1v) is 7.40. The third-order valence-electron chi connectivity index (χ3n) is 3.09. The molecule has 6 heteroatoms. The number of amides is 2. The number of nitrogens with one attached hydrogen (secondary N) is 2. The van der Waals surface area contributed by atoms with Crippen molar-refractivity contribution in [2.24, 2.45) is 0 Å². The summed E-state index contributed by atoms with van der Waals surface area (Å²) in [4.78, 5) is 24.3. The molecule has 1 aliphatic carbocycles. The molecular weight excluding hydrogens is 274 g/mol. The van der Waals surface area contributed by atoms with Crippen LogP contribution >= 0.6 is 11.3 Å². The van der Waals surface area contributed by atoms with Gasteiger partial charge in [0.25, 0.3) is 5.91 Å². The Morgan fingerprint density at radius 3 is 2.75 bits per heavy atom. The lowest BCUT2D eigenvalue weighted by atomic mass is 10.3. The molecule has 1 aliphatic rings. The van der Waals surface area contributed by atoms with Crippen molar-refractivity contribution < 1.29 is 9.59 Å². The molecule has 0 unspecified atom stereocenters. The summed E-state index contributed by atoms with van der Waals surface area (Å²) in [5, 5.41) is 7.38. The molecule has 0 spiro atoms. The maximum Gasteiger partial charge on any atom is 0.263 e. The minimum atomic E-state index is -0.213. The van der Waals surface area contributed by atoms with E-state index in [1.165, 1.54) is 11.3 Å². The van der Waals surface area contributed by atoms with Crippen LogP contribution in [0, 0.1) is 0 Å². The van der Waals surface area contributed by atoms with Crippen LogP contribution in [0.5, 0.6) is 0 Å². The summed E-state index contributed by atoms with van der Waals surface area (Å²) >= 11 is 1.37. The first-order chi connectivity index (χ1) is 9.74. The van der Waals surface area contributed by atoms with Crippen LogP contribution in [0.2, 0.25) is 0 Å². The van der Waals surface area contributed by atoms with Gasteiger partial charge in [0, 0.05) is 18.4 Å². The Hall–Kier alpha value is -2.08. The molecule has 2 aromatic heterocycles. The summed E-state index contributed by atoms with van der Waals surface area (Å²) < 4.78 is 1.88. The predicted octanol–water partition coefficient (Wildman–Crippen LogP) is 1.55. The molecule has 1 saturated carbocycles. The molecule has 0 aromatic carbocycles. The lowest BCUT2D eigenvalue weighted by Crippen LogP contribution is -2.37.